The third-order valence-corrected chi connectivity index (χ3v) is 3.31. The maximum atomic E-state index is 11.8. The highest BCUT2D eigenvalue weighted by Crippen LogP contribution is 2.05. The third kappa shape index (κ3) is 5.89. The van der Waals surface area contributed by atoms with Crippen molar-refractivity contribution in [1.82, 2.24) is 4.90 Å². The van der Waals surface area contributed by atoms with E-state index >= 15 is 0 Å². The number of rotatable bonds is 8. The van der Waals surface area contributed by atoms with Crippen molar-refractivity contribution >= 4 is 17.5 Å². The normalized spacial score (nSPS) is 10.8. The highest BCUT2D eigenvalue weighted by Gasteiger charge is 2.05. The quantitative estimate of drug-likeness (QED) is 0.663. The molecular formula is C14H21NOS. The van der Waals surface area contributed by atoms with Crippen molar-refractivity contribution in [2.24, 2.45) is 0 Å². The van der Waals surface area contributed by atoms with E-state index in [4.69, 9.17) is 0 Å². The molecule has 0 N–H and O–H groups in total. The average Bonchev–Trinajstić information content (AvgIpc) is 2.37. The van der Waals surface area contributed by atoms with Crippen LogP contribution in [0.25, 0.3) is 0 Å². The fraction of sp³-hybridized carbons (Fsp3) is 0.500. The Morgan fingerprint density at radius 3 is 2.59 bits per heavy atom. The van der Waals surface area contributed by atoms with Gasteiger partial charge in [-0.3, -0.25) is 4.79 Å². The molecule has 0 aliphatic carbocycles. The second-order valence-electron chi connectivity index (χ2n) is 4.19. The number of carbonyl (C=O) groups excluding carboxylic acids is 1. The monoisotopic (exact) mass is 251 g/mol. The molecule has 0 aromatic heterocycles. The first kappa shape index (κ1) is 14.3. The van der Waals surface area contributed by atoms with Crippen molar-refractivity contribution in [2.45, 2.75) is 12.8 Å². The molecule has 94 valence electrons. The van der Waals surface area contributed by atoms with E-state index in [1.165, 1.54) is 0 Å². The molecule has 0 aliphatic heterocycles. The van der Waals surface area contributed by atoms with Crippen molar-refractivity contribution < 1.29 is 4.79 Å². The molecule has 0 atom stereocenters. The van der Waals surface area contributed by atoms with E-state index in [0.29, 0.717) is 6.42 Å². The van der Waals surface area contributed by atoms with Gasteiger partial charge in [0.25, 0.3) is 0 Å². The summed E-state index contributed by atoms with van der Waals surface area (Å²) in [6, 6.07) is 9.54. The molecule has 0 fully saturated rings. The van der Waals surface area contributed by atoms with Crippen LogP contribution in [-0.4, -0.2) is 42.8 Å². The number of Topliss-reactive ketones (excluding diaryl/α,β-unsaturated/α-hetero) is 1. The Morgan fingerprint density at radius 2 is 1.94 bits per heavy atom. The fourth-order valence-corrected chi connectivity index (χ4v) is 2.13. The Bertz CT molecular complexity index is 326. The summed E-state index contributed by atoms with van der Waals surface area (Å²) in [7, 11) is 2.11. The number of ketones is 1. The van der Waals surface area contributed by atoms with Crippen LogP contribution >= 0.6 is 11.8 Å². The lowest BCUT2D eigenvalue weighted by molar-refractivity contribution is 0.0976. The lowest BCUT2D eigenvalue weighted by atomic mass is 10.1. The number of thioether (sulfide) groups is 1. The number of carbonyl (C=O) groups is 1. The number of nitrogens with zero attached hydrogens (tertiary/aromatic N) is 1. The molecule has 0 unspecified atom stereocenters. The molecule has 0 aliphatic rings. The van der Waals surface area contributed by atoms with Crippen LogP contribution in [0.3, 0.4) is 0 Å². The second kappa shape index (κ2) is 8.31. The molecule has 0 saturated heterocycles. The minimum Gasteiger partial charge on any atom is -0.306 e. The Kier molecular flexibility index (Phi) is 6.97. The van der Waals surface area contributed by atoms with Crippen LogP contribution in [0.2, 0.25) is 0 Å². The van der Waals surface area contributed by atoms with Crippen LogP contribution < -0.4 is 0 Å². The molecule has 3 heteroatoms. The smallest absolute Gasteiger partial charge is 0.162 e. The van der Waals surface area contributed by atoms with Gasteiger partial charge in [-0.25, -0.2) is 0 Å². The van der Waals surface area contributed by atoms with Gasteiger partial charge in [-0.15, -0.1) is 0 Å². The predicted molar refractivity (Wildman–Crippen MR) is 75.9 cm³/mol. The summed E-state index contributed by atoms with van der Waals surface area (Å²) in [4.78, 5) is 14.1. The standard InChI is InChI=1S/C14H21NOS/c1-15(11-12-17-2)10-6-9-14(16)13-7-4-3-5-8-13/h3-5,7-8H,6,9-12H2,1-2H3. The summed E-state index contributed by atoms with van der Waals surface area (Å²) >= 11 is 1.86. The Morgan fingerprint density at radius 1 is 1.24 bits per heavy atom. The molecule has 0 radical (unpaired) electrons. The molecule has 1 rings (SSSR count). The maximum Gasteiger partial charge on any atom is 0.162 e. The van der Waals surface area contributed by atoms with E-state index in [-0.39, 0.29) is 5.78 Å². The minimum atomic E-state index is 0.254. The van der Waals surface area contributed by atoms with Crippen LogP contribution in [0.15, 0.2) is 30.3 Å². The van der Waals surface area contributed by atoms with E-state index in [1.807, 2.05) is 42.1 Å². The van der Waals surface area contributed by atoms with E-state index < -0.39 is 0 Å². The Hall–Kier alpha value is -0.800. The molecule has 0 heterocycles. The minimum absolute atomic E-state index is 0.254. The molecular weight excluding hydrogens is 230 g/mol. The summed E-state index contributed by atoms with van der Waals surface area (Å²) in [5.41, 5.74) is 0.833. The van der Waals surface area contributed by atoms with Gasteiger partial charge in [0.2, 0.25) is 0 Å². The van der Waals surface area contributed by atoms with Gasteiger partial charge in [-0.05, 0) is 26.3 Å². The topological polar surface area (TPSA) is 20.3 Å². The molecule has 0 amide bonds. The average molecular weight is 251 g/mol. The first-order chi connectivity index (χ1) is 8.24. The Balaban J connectivity index is 2.21. The van der Waals surface area contributed by atoms with E-state index in [1.54, 1.807) is 0 Å². The summed E-state index contributed by atoms with van der Waals surface area (Å²) in [6.45, 7) is 2.10. The van der Waals surface area contributed by atoms with Crippen molar-refractivity contribution in [1.29, 1.82) is 0 Å². The van der Waals surface area contributed by atoms with Crippen LogP contribution in [0, 0.1) is 0 Å². The van der Waals surface area contributed by atoms with E-state index in [9.17, 15) is 4.79 Å². The molecule has 1 aromatic carbocycles. The zero-order chi connectivity index (χ0) is 12.5. The van der Waals surface area contributed by atoms with Crippen molar-refractivity contribution in [3.63, 3.8) is 0 Å². The van der Waals surface area contributed by atoms with Gasteiger partial charge in [0, 0.05) is 24.3 Å². The van der Waals surface area contributed by atoms with Gasteiger partial charge >= 0.3 is 0 Å². The maximum absolute atomic E-state index is 11.8. The largest absolute Gasteiger partial charge is 0.306 e. The molecule has 1 aromatic rings. The van der Waals surface area contributed by atoms with E-state index in [2.05, 4.69) is 18.2 Å². The van der Waals surface area contributed by atoms with Gasteiger partial charge < -0.3 is 4.90 Å². The van der Waals surface area contributed by atoms with Gasteiger partial charge in [0.05, 0.1) is 0 Å². The zero-order valence-corrected chi connectivity index (χ0v) is 11.5. The van der Waals surface area contributed by atoms with Gasteiger partial charge in [-0.1, -0.05) is 30.3 Å². The zero-order valence-electron chi connectivity index (χ0n) is 10.7. The van der Waals surface area contributed by atoms with Crippen LogP contribution in [-0.2, 0) is 0 Å². The van der Waals surface area contributed by atoms with Crippen molar-refractivity contribution in [3.8, 4) is 0 Å². The lowest BCUT2D eigenvalue weighted by Crippen LogP contribution is -2.22. The van der Waals surface area contributed by atoms with Gasteiger partial charge in [0.15, 0.2) is 5.78 Å². The third-order valence-electron chi connectivity index (χ3n) is 2.72. The van der Waals surface area contributed by atoms with E-state index in [0.717, 1.165) is 30.8 Å². The van der Waals surface area contributed by atoms with Gasteiger partial charge in [-0.2, -0.15) is 11.8 Å². The number of hydrogen-bond donors (Lipinski definition) is 0. The van der Waals surface area contributed by atoms with Gasteiger partial charge in [0.1, 0.15) is 0 Å². The van der Waals surface area contributed by atoms with Crippen LogP contribution in [0.5, 0.6) is 0 Å². The van der Waals surface area contributed by atoms with Crippen molar-refractivity contribution in [3.05, 3.63) is 35.9 Å². The summed E-state index contributed by atoms with van der Waals surface area (Å²) in [6.07, 6.45) is 3.71. The number of benzene rings is 1. The van der Waals surface area contributed by atoms with Crippen LogP contribution in [0.4, 0.5) is 0 Å². The summed E-state index contributed by atoms with van der Waals surface area (Å²) in [5, 5.41) is 0. The van der Waals surface area contributed by atoms with Crippen molar-refractivity contribution in [2.75, 3.05) is 32.1 Å². The second-order valence-corrected chi connectivity index (χ2v) is 5.17. The SMILES string of the molecule is CSCCN(C)CCCC(=O)c1ccccc1. The molecule has 17 heavy (non-hydrogen) atoms. The first-order valence-electron chi connectivity index (χ1n) is 5.99. The highest BCUT2D eigenvalue weighted by atomic mass is 32.2. The molecule has 0 saturated carbocycles. The fourth-order valence-electron chi connectivity index (χ4n) is 1.64. The Labute approximate surface area is 108 Å². The molecule has 2 nitrogen and oxygen atoms in total. The van der Waals surface area contributed by atoms with Crippen LogP contribution in [0.1, 0.15) is 23.2 Å². The highest BCUT2D eigenvalue weighted by molar-refractivity contribution is 7.98. The summed E-state index contributed by atoms with van der Waals surface area (Å²) < 4.78 is 0. The molecule has 0 spiro atoms. The predicted octanol–water partition coefficient (Wildman–Crippen LogP) is 2.94. The lowest BCUT2D eigenvalue weighted by Gasteiger charge is -2.15. The first-order valence-corrected chi connectivity index (χ1v) is 7.39. The number of hydrogen-bond acceptors (Lipinski definition) is 3. The molecule has 0 bridgehead atoms. The summed E-state index contributed by atoms with van der Waals surface area (Å²) in [5.74, 6) is 1.41.